The Bertz CT molecular complexity index is 812. The minimum Gasteiger partial charge on any atom is -0.400 e. The number of allylic oxidation sites excluding steroid dienone is 2. The van der Waals surface area contributed by atoms with Crippen molar-refractivity contribution in [1.29, 1.82) is 0 Å². The fourth-order valence-corrected chi connectivity index (χ4v) is 4.41. The average molecular weight is 455 g/mol. The summed E-state index contributed by atoms with van der Waals surface area (Å²) in [5, 5.41) is 17.6. The highest BCUT2D eigenvalue weighted by molar-refractivity contribution is 5.85. The van der Waals surface area contributed by atoms with Crippen molar-refractivity contribution >= 4 is 5.84 Å². The third-order valence-electron chi connectivity index (χ3n) is 6.53. The summed E-state index contributed by atoms with van der Waals surface area (Å²) < 4.78 is 5.59. The third kappa shape index (κ3) is 8.94. The van der Waals surface area contributed by atoms with Gasteiger partial charge < -0.3 is 20.3 Å². The Morgan fingerprint density at radius 3 is 2.27 bits per heavy atom. The van der Waals surface area contributed by atoms with E-state index in [-0.39, 0.29) is 5.92 Å². The zero-order valence-corrected chi connectivity index (χ0v) is 20.6. The van der Waals surface area contributed by atoms with E-state index in [4.69, 9.17) is 14.9 Å². The van der Waals surface area contributed by atoms with E-state index in [1.54, 1.807) is 0 Å². The van der Waals surface area contributed by atoms with Crippen LogP contribution in [0.2, 0.25) is 0 Å². The van der Waals surface area contributed by atoms with Crippen LogP contribution in [-0.4, -0.2) is 43.5 Å². The van der Waals surface area contributed by atoms with E-state index < -0.39 is 0 Å². The Hall–Kier alpha value is -2.17. The van der Waals surface area contributed by atoms with Gasteiger partial charge in [0.25, 0.3) is 0 Å². The molecule has 2 aliphatic heterocycles. The zero-order valence-electron chi connectivity index (χ0n) is 20.6. The SMILES string of the molecule is C=C=C(NC1=NC=C(C)CC1)[C@H](CC1CCOCC1)c1ccc(CC2CC2)cc1.CO.CO. The number of hydrogen-bond acceptors (Lipinski definition) is 5. The molecular weight excluding hydrogens is 412 g/mol. The van der Waals surface area contributed by atoms with Crippen molar-refractivity contribution in [2.45, 2.75) is 64.2 Å². The number of aliphatic hydroxyl groups excluding tert-OH is 2. The predicted molar refractivity (Wildman–Crippen MR) is 136 cm³/mol. The van der Waals surface area contributed by atoms with Crippen molar-refractivity contribution < 1.29 is 14.9 Å². The first kappa shape index (κ1) is 27.1. The summed E-state index contributed by atoms with van der Waals surface area (Å²) in [4.78, 5) is 4.61. The Labute approximate surface area is 200 Å². The largest absolute Gasteiger partial charge is 0.400 e. The molecule has 3 aliphatic rings. The molecule has 0 aromatic heterocycles. The van der Waals surface area contributed by atoms with Gasteiger partial charge in [0.15, 0.2) is 0 Å². The minimum atomic E-state index is 0.278. The smallest absolute Gasteiger partial charge is 0.106 e. The molecule has 0 spiro atoms. The quantitative estimate of drug-likeness (QED) is 0.501. The molecule has 1 saturated carbocycles. The maximum atomic E-state index is 7.00. The molecule has 5 nitrogen and oxygen atoms in total. The summed E-state index contributed by atoms with van der Waals surface area (Å²) in [5.41, 5.74) is 8.46. The van der Waals surface area contributed by atoms with Gasteiger partial charge in [-0.15, -0.1) is 5.73 Å². The van der Waals surface area contributed by atoms with E-state index in [9.17, 15) is 0 Å². The summed E-state index contributed by atoms with van der Waals surface area (Å²) in [7, 11) is 2.00. The topological polar surface area (TPSA) is 74.1 Å². The Kier molecular flexibility index (Phi) is 12.2. The lowest BCUT2D eigenvalue weighted by atomic mass is 9.83. The molecule has 2 heterocycles. The van der Waals surface area contributed by atoms with Crippen LogP contribution >= 0.6 is 0 Å². The first-order valence-corrected chi connectivity index (χ1v) is 12.2. The molecule has 1 atom stereocenters. The average Bonchev–Trinajstić information content (AvgIpc) is 3.70. The predicted octanol–water partition coefficient (Wildman–Crippen LogP) is 5.11. The van der Waals surface area contributed by atoms with Crippen molar-refractivity contribution in [2.24, 2.45) is 16.8 Å². The fourth-order valence-electron chi connectivity index (χ4n) is 4.41. The number of ether oxygens (including phenoxy) is 1. The molecule has 182 valence electrons. The second-order valence-electron chi connectivity index (χ2n) is 9.00. The first-order valence-electron chi connectivity index (χ1n) is 12.2. The summed E-state index contributed by atoms with van der Waals surface area (Å²) in [6.45, 7) is 7.94. The maximum absolute atomic E-state index is 7.00. The van der Waals surface area contributed by atoms with Crippen LogP contribution in [0.3, 0.4) is 0 Å². The van der Waals surface area contributed by atoms with E-state index in [1.165, 1.54) is 36.0 Å². The lowest BCUT2D eigenvalue weighted by Gasteiger charge is -2.29. The van der Waals surface area contributed by atoms with Crippen LogP contribution in [0.25, 0.3) is 0 Å². The van der Waals surface area contributed by atoms with Crippen LogP contribution in [-0.2, 0) is 11.2 Å². The lowest BCUT2D eigenvalue weighted by molar-refractivity contribution is 0.0625. The summed E-state index contributed by atoms with van der Waals surface area (Å²) in [5.74, 6) is 2.91. The molecule has 1 aromatic carbocycles. The number of hydrogen-bond donors (Lipinski definition) is 3. The van der Waals surface area contributed by atoms with Gasteiger partial charge in [0, 0.05) is 46.0 Å². The Morgan fingerprint density at radius 1 is 1.06 bits per heavy atom. The molecule has 0 amide bonds. The second-order valence-corrected chi connectivity index (χ2v) is 9.00. The second kappa shape index (κ2) is 14.9. The van der Waals surface area contributed by atoms with Gasteiger partial charge in [0.2, 0.25) is 0 Å². The van der Waals surface area contributed by atoms with Gasteiger partial charge in [-0.05, 0) is 74.8 Å². The van der Waals surface area contributed by atoms with Crippen LogP contribution in [0.1, 0.15) is 68.9 Å². The number of aliphatic imine (C=N–C) groups is 1. The molecule has 33 heavy (non-hydrogen) atoms. The van der Waals surface area contributed by atoms with Gasteiger partial charge in [0.05, 0.1) is 5.70 Å². The van der Waals surface area contributed by atoms with Crippen molar-refractivity contribution in [1.82, 2.24) is 5.32 Å². The molecule has 0 radical (unpaired) electrons. The molecule has 0 unspecified atom stereocenters. The number of nitrogens with one attached hydrogen (secondary N) is 1. The van der Waals surface area contributed by atoms with Gasteiger partial charge in [-0.25, -0.2) is 4.99 Å². The van der Waals surface area contributed by atoms with Gasteiger partial charge >= 0.3 is 0 Å². The van der Waals surface area contributed by atoms with Crippen LogP contribution in [0.4, 0.5) is 0 Å². The third-order valence-corrected chi connectivity index (χ3v) is 6.53. The van der Waals surface area contributed by atoms with Crippen molar-refractivity contribution in [3.05, 3.63) is 65.2 Å². The molecule has 5 heteroatoms. The van der Waals surface area contributed by atoms with Crippen LogP contribution in [0.15, 0.2) is 59.0 Å². The highest BCUT2D eigenvalue weighted by atomic mass is 16.5. The minimum absolute atomic E-state index is 0.278. The highest BCUT2D eigenvalue weighted by Crippen LogP contribution is 2.35. The molecule has 1 aliphatic carbocycles. The summed E-state index contributed by atoms with van der Waals surface area (Å²) >= 11 is 0. The van der Waals surface area contributed by atoms with Gasteiger partial charge in [-0.1, -0.05) is 36.4 Å². The first-order chi connectivity index (χ1) is 16.2. The lowest BCUT2D eigenvalue weighted by Crippen LogP contribution is -2.28. The van der Waals surface area contributed by atoms with Crippen LogP contribution in [0.5, 0.6) is 0 Å². The van der Waals surface area contributed by atoms with Crippen molar-refractivity contribution in [3.63, 3.8) is 0 Å². The molecule has 4 rings (SSSR count). The van der Waals surface area contributed by atoms with Crippen LogP contribution in [0, 0.1) is 11.8 Å². The summed E-state index contributed by atoms with van der Waals surface area (Å²) in [6.07, 6.45) is 11.4. The highest BCUT2D eigenvalue weighted by Gasteiger charge is 2.25. The van der Waals surface area contributed by atoms with Crippen LogP contribution < -0.4 is 5.32 Å². The van der Waals surface area contributed by atoms with E-state index >= 15 is 0 Å². The standard InChI is InChI=1S/C26H34N2O.2CH4O/c1-3-25(28-26-11-4-19(2)18-27-26)24(17-22-12-14-29-15-13-22)23-9-7-21(8-10-23)16-20-5-6-20;2*1-2/h7-10,18,20,22,24H,1,4-6,11-17H2,2H3,(H,27,28);2*2H,1H3/t24-;;/m1../s1. The Morgan fingerprint density at radius 2 is 1.73 bits per heavy atom. The summed E-state index contributed by atoms with van der Waals surface area (Å²) in [6, 6.07) is 9.31. The van der Waals surface area contributed by atoms with Crippen molar-refractivity contribution in [2.75, 3.05) is 27.4 Å². The molecular formula is C28H42N2O3. The zero-order chi connectivity index (χ0) is 24.1. The van der Waals surface area contributed by atoms with Crippen molar-refractivity contribution in [3.8, 4) is 0 Å². The van der Waals surface area contributed by atoms with E-state index in [0.29, 0.717) is 5.92 Å². The maximum Gasteiger partial charge on any atom is 0.106 e. The molecule has 0 bridgehead atoms. The number of amidine groups is 1. The molecule has 1 saturated heterocycles. The fraction of sp³-hybridized carbons (Fsp3) is 0.571. The van der Waals surface area contributed by atoms with Gasteiger partial charge in [-0.2, -0.15) is 0 Å². The number of nitrogens with zero attached hydrogens (tertiary/aromatic N) is 1. The molecule has 1 aromatic rings. The molecule has 2 fully saturated rings. The van der Waals surface area contributed by atoms with E-state index in [2.05, 4.69) is 53.8 Å². The number of benzene rings is 1. The van der Waals surface area contributed by atoms with E-state index in [1.807, 2.05) is 6.20 Å². The number of rotatable bonds is 7. The Balaban J connectivity index is 0.000000914. The molecule has 3 N–H and O–H groups in total. The number of aliphatic hydroxyl groups is 2. The van der Waals surface area contributed by atoms with Gasteiger partial charge in [0.1, 0.15) is 5.84 Å². The normalized spacial score (nSPS) is 18.8. The van der Waals surface area contributed by atoms with Gasteiger partial charge in [-0.3, -0.25) is 0 Å². The monoisotopic (exact) mass is 454 g/mol. The van der Waals surface area contributed by atoms with E-state index in [0.717, 1.165) is 77.0 Å².